The summed E-state index contributed by atoms with van der Waals surface area (Å²) in [5, 5.41) is 9.94. The second-order valence-electron chi connectivity index (χ2n) is 4.73. The van der Waals surface area contributed by atoms with Gasteiger partial charge < -0.3 is 4.90 Å². The maximum Gasteiger partial charge on any atom is 0.119 e. The van der Waals surface area contributed by atoms with Crippen molar-refractivity contribution < 1.29 is 0 Å². The summed E-state index contributed by atoms with van der Waals surface area (Å²) in [7, 11) is 0. The zero-order valence-electron chi connectivity index (χ0n) is 11.1. The van der Waals surface area contributed by atoms with E-state index >= 15 is 0 Å². The molecule has 0 bridgehead atoms. The number of nitriles is 1. The molecule has 0 spiro atoms. The normalized spacial score (nSPS) is 14.2. The molecule has 3 rings (SSSR count). The lowest BCUT2D eigenvalue weighted by atomic mass is 10.3. The zero-order valence-corrected chi connectivity index (χ0v) is 11.9. The van der Waals surface area contributed by atoms with Crippen LogP contribution in [-0.4, -0.2) is 18.1 Å². The standard InChI is InChI=1S/C16H15N3S/c17-12-13-6-5-9-18-16(13)20-15-8-2-1-7-14(15)19-10-3-4-11-19/h1-2,5-9H,3-4,10-11H2. The van der Waals surface area contributed by atoms with E-state index in [1.54, 1.807) is 24.0 Å². The predicted molar refractivity (Wildman–Crippen MR) is 81.0 cm³/mol. The first kappa shape index (κ1) is 13.0. The fraction of sp³-hybridized carbons (Fsp3) is 0.250. The lowest BCUT2D eigenvalue weighted by Crippen LogP contribution is -2.18. The molecule has 4 heteroatoms. The molecule has 1 aliphatic rings. The van der Waals surface area contributed by atoms with Crippen LogP contribution < -0.4 is 4.90 Å². The molecule has 0 atom stereocenters. The predicted octanol–water partition coefficient (Wildman–Crippen LogP) is 3.70. The van der Waals surface area contributed by atoms with Gasteiger partial charge in [-0.3, -0.25) is 0 Å². The van der Waals surface area contributed by atoms with Gasteiger partial charge in [-0.2, -0.15) is 5.26 Å². The molecule has 1 aromatic heterocycles. The van der Waals surface area contributed by atoms with Crippen molar-refractivity contribution in [1.29, 1.82) is 5.26 Å². The summed E-state index contributed by atoms with van der Waals surface area (Å²) in [6, 6.07) is 14.2. The largest absolute Gasteiger partial charge is 0.371 e. The second-order valence-corrected chi connectivity index (χ2v) is 5.76. The summed E-state index contributed by atoms with van der Waals surface area (Å²) < 4.78 is 0. The Balaban J connectivity index is 1.93. The third-order valence-electron chi connectivity index (χ3n) is 3.41. The Labute approximate surface area is 123 Å². The number of para-hydroxylation sites is 1. The smallest absolute Gasteiger partial charge is 0.119 e. The monoisotopic (exact) mass is 281 g/mol. The lowest BCUT2D eigenvalue weighted by molar-refractivity contribution is 0.949. The number of nitrogens with zero attached hydrogens (tertiary/aromatic N) is 3. The van der Waals surface area contributed by atoms with E-state index in [-0.39, 0.29) is 0 Å². The quantitative estimate of drug-likeness (QED) is 0.860. The number of anilines is 1. The van der Waals surface area contributed by atoms with Gasteiger partial charge in [0.15, 0.2) is 0 Å². The molecule has 100 valence electrons. The number of aromatic nitrogens is 1. The molecule has 1 aromatic carbocycles. The van der Waals surface area contributed by atoms with Crippen LogP contribution in [0.4, 0.5) is 5.69 Å². The Bertz CT molecular complexity index is 642. The molecule has 0 N–H and O–H groups in total. The average Bonchev–Trinajstić information content (AvgIpc) is 3.02. The third-order valence-corrected chi connectivity index (χ3v) is 4.49. The first-order chi connectivity index (χ1) is 9.88. The number of benzene rings is 1. The molecule has 20 heavy (non-hydrogen) atoms. The average molecular weight is 281 g/mol. The van der Waals surface area contributed by atoms with Gasteiger partial charge in [0.1, 0.15) is 11.1 Å². The van der Waals surface area contributed by atoms with Gasteiger partial charge in [0, 0.05) is 24.2 Å². The topological polar surface area (TPSA) is 39.9 Å². The first-order valence-corrected chi connectivity index (χ1v) is 7.57. The molecule has 0 aliphatic carbocycles. The maximum atomic E-state index is 9.16. The van der Waals surface area contributed by atoms with Crippen LogP contribution in [0.5, 0.6) is 0 Å². The molecular formula is C16H15N3S. The summed E-state index contributed by atoms with van der Waals surface area (Å²) >= 11 is 1.58. The maximum absolute atomic E-state index is 9.16. The summed E-state index contributed by atoms with van der Waals surface area (Å²) in [5.74, 6) is 0. The van der Waals surface area contributed by atoms with Crippen LogP contribution in [0.25, 0.3) is 0 Å². The second kappa shape index (κ2) is 5.98. The van der Waals surface area contributed by atoms with Crippen LogP contribution >= 0.6 is 11.8 Å². The summed E-state index contributed by atoms with van der Waals surface area (Å²) in [6.07, 6.45) is 4.25. The minimum absolute atomic E-state index is 0.633. The van der Waals surface area contributed by atoms with Gasteiger partial charge in [-0.1, -0.05) is 23.9 Å². The molecule has 0 radical (unpaired) electrons. The van der Waals surface area contributed by atoms with E-state index in [4.69, 9.17) is 5.26 Å². The summed E-state index contributed by atoms with van der Waals surface area (Å²) in [5.41, 5.74) is 1.89. The number of pyridine rings is 1. The number of rotatable bonds is 3. The fourth-order valence-electron chi connectivity index (χ4n) is 2.42. The Morgan fingerprint density at radius 2 is 1.90 bits per heavy atom. The highest BCUT2D eigenvalue weighted by Gasteiger charge is 2.16. The molecule has 1 aliphatic heterocycles. The van der Waals surface area contributed by atoms with Gasteiger partial charge in [0.05, 0.1) is 11.3 Å². The van der Waals surface area contributed by atoms with E-state index < -0.39 is 0 Å². The first-order valence-electron chi connectivity index (χ1n) is 6.75. The van der Waals surface area contributed by atoms with Crippen molar-refractivity contribution in [2.45, 2.75) is 22.8 Å². The Hall–Kier alpha value is -1.99. The van der Waals surface area contributed by atoms with E-state index in [1.807, 2.05) is 12.1 Å². The molecule has 0 saturated carbocycles. The molecule has 2 heterocycles. The van der Waals surface area contributed by atoms with E-state index in [2.05, 4.69) is 34.2 Å². The van der Waals surface area contributed by atoms with Crippen molar-refractivity contribution in [2.75, 3.05) is 18.0 Å². The van der Waals surface area contributed by atoms with Crippen LogP contribution in [0.3, 0.4) is 0 Å². The van der Waals surface area contributed by atoms with Gasteiger partial charge in [-0.15, -0.1) is 0 Å². The van der Waals surface area contributed by atoms with Crippen molar-refractivity contribution in [2.24, 2.45) is 0 Å². The fourth-order valence-corrected chi connectivity index (χ4v) is 3.42. The minimum atomic E-state index is 0.633. The van der Waals surface area contributed by atoms with E-state index in [0.29, 0.717) is 5.56 Å². The van der Waals surface area contributed by atoms with Crippen LogP contribution in [-0.2, 0) is 0 Å². The van der Waals surface area contributed by atoms with Gasteiger partial charge in [-0.05, 0) is 37.1 Å². The number of hydrogen-bond donors (Lipinski definition) is 0. The Morgan fingerprint density at radius 1 is 1.10 bits per heavy atom. The SMILES string of the molecule is N#Cc1cccnc1Sc1ccccc1N1CCCC1. The van der Waals surface area contributed by atoms with Gasteiger partial charge in [-0.25, -0.2) is 4.98 Å². The van der Waals surface area contributed by atoms with Crippen molar-refractivity contribution in [3.63, 3.8) is 0 Å². The van der Waals surface area contributed by atoms with Gasteiger partial charge in [0.2, 0.25) is 0 Å². The minimum Gasteiger partial charge on any atom is -0.371 e. The highest BCUT2D eigenvalue weighted by molar-refractivity contribution is 7.99. The van der Waals surface area contributed by atoms with Crippen LogP contribution in [0.15, 0.2) is 52.5 Å². The van der Waals surface area contributed by atoms with Crippen LogP contribution in [0.1, 0.15) is 18.4 Å². The third kappa shape index (κ3) is 2.63. The van der Waals surface area contributed by atoms with E-state index in [9.17, 15) is 0 Å². The highest BCUT2D eigenvalue weighted by Crippen LogP contribution is 2.36. The Kier molecular flexibility index (Phi) is 3.89. The van der Waals surface area contributed by atoms with Crippen molar-refractivity contribution in [1.82, 2.24) is 4.98 Å². The van der Waals surface area contributed by atoms with Gasteiger partial charge >= 0.3 is 0 Å². The van der Waals surface area contributed by atoms with Crippen LogP contribution in [0, 0.1) is 11.3 Å². The molecule has 0 unspecified atom stereocenters. The van der Waals surface area contributed by atoms with E-state index in [0.717, 1.165) is 18.1 Å². The van der Waals surface area contributed by atoms with Crippen molar-refractivity contribution >= 4 is 17.4 Å². The molecule has 1 saturated heterocycles. The van der Waals surface area contributed by atoms with E-state index in [1.165, 1.54) is 23.4 Å². The lowest BCUT2D eigenvalue weighted by Gasteiger charge is -2.20. The van der Waals surface area contributed by atoms with Gasteiger partial charge in [0.25, 0.3) is 0 Å². The molecule has 1 fully saturated rings. The zero-order chi connectivity index (χ0) is 13.8. The van der Waals surface area contributed by atoms with Crippen molar-refractivity contribution in [3.8, 4) is 6.07 Å². The summed E-state index contributed by atoms with van der Waals surface area (Å²) in [4.78, 5) is 7.92. The summed E-state index contributed by atoms with van der Waals surface area (Å²) in [6.45, 7) is 2.23. The number of hydrogen-bond acceptors (Lipinski definition) is 4. The Morgan fingerprint density at radius 3 is 2.70 bits per heavy atom. The highest BCUT2D eigenvalue weighted by atomic mass is 32.2. The molecule has 3 nitrogen and oxygen atoms in total. The van der Waals surface area contributed by atoms with Crippen LogP contribution in [0.2, 0.25) is 0 Å². The molecule has 2 aromatic rings. The van der Waals surface area contributed by atoms with Crippen molar-refractivity contribution in [3.05, 3.63) is 48.2 Å². The molecule has 0 amide bonds. The molecular weight excluding hydrogens is 266 g/mol.